The number of hydrogen-bond acceptors (Lipinski definition) is 4. The van der Waals surface area contributed by atoms with Crippen molar-refractivity contribution in [2.24, 2.45) is 5.73 Å². The standard InChI is InChI=1S/C12H23N3O3/c1-4-7-14(8-5-2)11(17)12(18)15(9-6-13)10(3)16/h4-9,13H2,1-3H3. The summed E-state index contributed by atoms with van der Waals surface area (Å²) in [6.45, 7) is 6.39. The van der Waals surface area contributed by atoms with Gasteiger partial charge in [0, 0.05) is 33.1 Å². The van der Waals surface area contributed by atoms with Crippen LogP contribution in [0.4, 0.5) is 0 Å². The first-order valence-corrected chi connectivity index (χ1v) is 6.30. The second-order valence-electron chi connectivity index (χ2n) is 4.06. The van der Waals surface area contributed by atoms with Gasteiger partial charge in [0.15, 0.2) is 0 Å². The molecule has 0 bridgehead atoms. The van der Waals surface area contributed by atoms with E-state index in [1.54, 1.807) is 0 Å². The number of amides is 3. The first-order valence-electron chi connectivity index (χ1n) is 6.30. The fourth-order valence-corrected chi connectivity index (χ4v) is 1.64. The summed E-state index contributed by atoms with van der Waals surface area (Å²) in [7, 11) is 0. The smallest absolute Gasteiger partial charge is 0.318 e. The number of nitrogens with two attached hydrogens (primary N) is 1. The highest BCUT2D eigenvalue weighted by Gasteiger charge is 2.28. The van der Waals surface area contributed by atoms with Crippen LogP contribution in [0.1, 0.15) is 33.6 Å². The maximum atomic E-state index is 12.0. The van der Waals surface area contributed by atoms with E-state index in [4.69, 9.17) is 5.73 Å². The number of imide groups is 1. The molecule has 0 aliphatic carbocycles. The van der Waals surface area contributed by atoms with E-state index in [1.165, 1.54) is 11.8 Å². The zero-order valence-electron chi connectivity index (χ0n) is 11.4. The Labute approximate surface area is 108 Å². The van der Waals surface area contributed by atoms with Gasteiger partial charge in [0.05, 0.1) is 0 Å². The zero-order chi connectivity index (χ0) is 14.1. The minimum Gasteiger partial charge on any atom is -0.334 e. The van der Waals surface area contributed by atoms with Crippen LogP contribution in [0.15, 0.2) is 0 Å². The number of hydrogen-bond donors (Lipinski definition) is 1. The molecule has 6 nitrogen and oxygen atoms in total. The lowest BCUT2D eigenvalue weighted by atomic mass is 10.3. The van der Waals surface area contributed by atoms with Crippen LogP contribution in [0, 0.1) is 0 Å². The van der Waals surface area contributed by atoms with Gasteiger partial charge < -0.3 is 10.6 Å². The van der Waals surface area contributed by atoms with Crippen molar-refractivity contribution in [3.05, 3.63) is 0 Å². The summed E-state index contributed by atoms with van der Waals surface area (Å²) < 4.78 is 0. The van der Waals surface area contributed by atoms with Gasteiger partial charge in [0.1, 0.15) is 0 Å². The van der Waals surface area contributed by atoms with Crippen molar-refractivity contribution in [1.29, 1.82) is 0 Å². The molecule has 0 aliphatic heterocycles. The summed E-state index contributed by atoms with van der Waals surface area (Å²) in [5.74, 6) is -1.86. The van der Waals surface area contributed by atoms with Crippen LogP contribution in [-0.4, -0.2) is 53.7 Å². The molecular formula is C12H23N3O3. The summed E-state index contributed by atoms with van der Waals surface area (Å²) in [6.07, 6.45) is 1.55. The van der Waals surface area contributed by atoms with E-state index in [1.807, 2.05) is 13.8 Å². The maximum Gasteiger partial charge on any atom is 0.318 e. The summed E-state index contributed by atoms with van der Waals surface area (Å²) >= 11 is 0. The van der Waals surface area contributed by atoms with Crippen molar-refractivity contribution in [1.82, 2.24) is 9.80 Å². The number of carbonyl (C=O) groups excluding carboxylic acids is 3. The first kappa shape index (κ1) is 16.6. The molecule has 0 radical (unpaired) electrons. The summed E-state index contributed by atoms with van der Waals surface area (Å²) in [5, 5.41) is 0. The van der Waals surface area contributed by atoms with Gasteiger partial charge in [-0.2, -0.15) is 0 Å². The molecule has 6 heteroatoms. The third kappa shape index (κ3) is 4.83. The number of nitrogens with zero attached hydrogens (tertiary/aromatic N) is 2. The normalized spacial score (nSPS) is 10.0. The van der Waals surface area contributed by atoms with Crippen LogP contribution >= 0.6 is 0 Å². The lowest BCUT2D eigenvalue weighted by molar-refractivity contribution is -0.156. The average Bonchev–Trinajstić information content (AvgIpc) is 2.33. The first-order chi connectivity index (χ1) is 8.49. The van der Waals surface area contributed by atoms with E-state index < -0.39 is 17.7 Å². The Balaban J connectivity index is 4.80. The Morgan fingerprint density at radius 1 is 0.944 bits per heavy atom. The van der Waals surface area contributed by atoms with Crippen LogP contribution < -0.4 is 5.73 Å². The molecule has 0 unspecified atom stereocenters. The van der Waals surface area contributed by atoms with E-state index in [0.29, 0.717) is 13.1 Å². The van der Waals surface area contributed by atoms with Gasteiger partial charge in [-0.1, -0.05) is 13.8 Å². The highest BCUT2D eigenvalue weighted by molar-refractivity contribution is 6.37. The summed E-state index contributed by atoms with van der Waals surface area (Å²) in [4.78, 5) is 37.6. The number of rotatable bonds is 6. The van der Waals surface area contributed by atoms with Gasteiger partial charge in [-0.3, -0.25) is 19.3 Å². The Kier molecular flexibility index (Phi) is 7.94. The van der Waals surface area contributed by atoms with Gasteiger partial charge in [-0.25, -0.2) is 0 Å². The summed E-state index contributed by atoms with van der Waals surface area (Å²) in [5.41, 5.74) is 5.33. The van der Waals surface area contributed by atoms with Crippen LogP contribution in [0.25, 0.3) is 0 Å². The maximum absolute atomic E-state index is 12.0. The fourth-order valence-electron chi connectivity index (χ4n) is 1.64. The summed E-state index contributed by atoms with van der Waals surface area (Å²) in [6, 6.07) is 0. The van der Waals surface area contributed by atoms with Crippen LogP contribution in [0.5, 0.6) is 0 Å². The van der Waals surface area contributed by atoms with Gasteiger partial charge in [-0.05, 0) is 12.8 Å². The van der Waals surface area contributed by atoms with Gasteiger partial charge >= 0.3 is 11.8 Å². The zero-order valence-corrected chi connectivity index (χ0v) is 11.4. The molecule has 0 aromatic heterocycles. The number of carbonyl (C=O) groups is 3. The monoisotopic (exact) mass is 257 g/mol. The Morgan fingerprint density at radius 3 is 1.78 bits per heavy atom. The molecule has 0 fully saturated rings. The lowest BCUT2D eigenvalue weighted by Crippen LogP contribution is -2.49. The average molecular weight is 257 g/mol. The van der Waals surface area contributed by atoms with Crippen molar-refractivity contribution >= 4 is 17.7 Å². The predicted molar refractivity (Wildman–Crippen MR) is 68.6 cm³/mol. The highest BCUT2D eigenvalue weighted by atomic mass is 16.2. The molecule has 3 amide bonds. The van der Waals surface area contributed by atoms with E-state index >= 15 is 0 Å². The van der Waals surface area contributed by atoms with Crippen LogP contribution in [-0.2, 0) is 14.4 Å². The molecule has 0 spiro atoms. The van der Waals surface area contributed by atoms with Crippen molar-refractivity contribution in [2.75, 3.05) is 26.2 Å². The van der Waals surface area contributed by atoms with Crippen LogP contribution in [0.2, 0.25) is 0 Å². The van der Waals surface area contributed by atoms with E-state index in [0.717, 1.165) is 17.7 Å². The molecule has 0 saturated carbocycles. The van der Waals surface area contributed by atoms with Crippen molar-refractivity contribution in [2.45, 2.75) is 33.6 Å². The molecule has 2 N–H and O–H groups in total. The predicted octanol–water partition coefficient (Wildman–Crippen LogP) is -0.0312. The molecule has 0 aromatic rings. The van der Waals surface area contributed by atoms with E-state index in [2.05, 4.69) is 0 Å². The topological polar surface area (TPSA) is 83.7 Å². The third-order valence-corrected chi connectivity index (χ3v) is 2.44. The van der Waals surface area contributed by atoms with Gasteiger partial charge in [0.2, 0.25) is 5.91 Å². The molecule has 18 heavy (non-hydrogen) atoms. The fraction of sp³-hybridized carbons (Fsp3) is 0.750. The quantitative estimate of drug-likeness (QED) is 0.677. The van der Waals surface area contributed by atoms with Gasteiger partial charge in [-0.15, -0.1) is 0 Å². The largest absolute Gasteiger partial charge is 0.334 e. The highest BCUT2D eigenvalue weighted by Crippen LogP contribution is 2.00. The van der Waals surface area contributed by atoms with E-state index in [-0.39, 0.29) is 13.1 Å². The minimum absolute atomic E-state index is 0.0754. The van der Waals surface area contributed by atoms with Crippen molar-refractivity contribution < 1.29 is 14.4 Å². The molecule has 104 valence electrons. The minimum atomic E-state index is -0.783. The molecule has 0 heterocycles. The second kappa shape index (κ2) is 8.63. The van der Waals surface area contributed by atoms with Crippen molar-refractivity contribution in [3.63, 3.8) is 0 Å². The SMILES string of the molecule is CCCN(CCC)C(=O)C(=O)N(CCN)C(C)=O. The Morgan fingerprint density at radius 2 is 1.44 bits per heavy atom. The molecule has 0 aromatic carbocycles. The third-order valence-electron chi connectivity index (χ3n) is 2.44. The lowest BCUT2D eigenvalue weighted by Gasteiger charge is -2.24. The second-order valence-corrected chi connectivity index (χ2v) is 4.06. The molecule has 0 aliphatic rings. The molecular weight excluding hydrogens is 234 g/mol. The Hall–Kier alpha value is -1.43. The molecule has 0 atom stereocenters. The molecule has 0 saturated heterocycles. The Bertz CT molecular complexity index is 299. The molecule has 0 rings (SSSR count). The van der Waals surface area contributed by atoms with Crippen LogP contribution in [0.3, 0.4) is 0 Å². The van der Waals surface area contributed by atoms with Crippen molar-refractivity contribution in [3.8, 4) is 0 Å². The van der Waals surface area contributed by atoms with Gasteiger partial charge in [0.25, 0.3) is 0 Å². The van der Waals surface area contributed by atoms with E-state index in [9.17, 15) is 14.4 Å².